The molecule has 2 heterocycles. The summed E-state index contributed by atoms with van der Waals surface area (Å²) in [6, 6.07) is 8.75. The average molecular weight is 329 g/mol. The molecule has 0 atom stereocenters. The zero-order valence-electron chi connectivity index (χ0n) is 12.5. The predicted molar refractivity (Wildman–Crippen MR) is 90.1 cm³/mol. The van der Waals surface area contributed by atoms with E-state index in [0.717, 1.165) is 5.56 Å². The third kappa shape index (κ3) is 3.57. The van der Waals surface area contributed by atoms with Crippen LogP contribution in [0.5, 0.6) is 11.5 Å². The van der Waals surface area contributed by atoms with Crippen molar-refractivity contribution in [3.05, 3.63) is 47.7 Å². The molecule has 0 bridgehead atoms. The second-order valence-corrected chi connectivity index (χ2v) is 5.34. The lowest BCUT2D eigenvalue weighted by molar-refractivity contribution is 0.0976. The van der Waals surface area contributed by atoms with Gasteiger partial charge in [-0.25, -0.2) is 4.98 Å². The smallest absolute Gasteiger partial charge is 0.257 e. The van der Waals surface area contributed by atoms with Crippen LogP contribution in [-0.4, -0.2) is 29.2 Å². The first-order valence-corrected chi connectivity index (χ1v) is 7.48. The second kappa shape index (κ2) is 6.62. The van der Waals surface area contributed by atoms with Crippen LogP contribution in [-0.2, 0) is 0 Å². The molecular weight excluding hydrogens is 314 g/mol. The van der Waals surface area contributed by atoms with E-state index < -0.39 is 0 Å². The first-order chi connectivity index (χ1) is 11.1. The molecule has 1 aliphatic heterocycles. The number of rotatable bonds is 2. The maximum atomic E-state index is 12.3. The summed E-state index contributed by atoms with van der Waals surface area (Å²) in [5.41, 5.74) is 1.37. The van der Waals surface area contributed by atoms with Crippen LogP contribution in [0, 0.1) is 6.92 Å². The number of hydrogen-bond donors (Lipinski definition) is 2. The first kappa shape index (κ1) is 15.2. The van der Waals surface area contributed by atoms with Gasteiger partial charge in [0.25, 0.3) is 5.91 Å². The van der Waals surface area contributed by atoms with Gasteiger partial charge in [0.15, 0.2) is 16.6 Å². The molecule has 1 aromatic carbocycles. The zero-order valence-corrected chi connectivity index (χ0v) is 13.3. The summed E-state index contributed by atoms with van der Waals surface area (Å²) in [5, 5.41) is 5.72. The van der Waals surface area contributed by atoms with E-state index in [1.807, 2.05) is 19.1 Å². The molecule has 3 rings (SSSR count). The molecule has 2 N–H and O–H groups in total. The van der Waals surface area contributed by atoms with Gasteiger partial charge in [-0.05, 0) is 49.0 Å². The molecule has 7 heteroatoms. The standard InChI is InChI=1S/C16H15N3O3S/c1-10-3-2-6-17-14(10)18-16(23)19-15(20)11-4-5-12-13(9-11)22-8-7-21-12/h2-6,9H,7-8H2,1H3,(H2,17,18,19,20,23). The fourth-order valence-corrected chi connectivity index (χ4v) is 2.30. The normalized spacial score (nSPS) is 12.4. The van der Waals surface area contributed by atoms with Crippen LogP contribution < -0.4 is 20.1 Å². The van der Waals surface area contributed by atoms with Gasteiger partial charge in [0.2, 0.25) is 0 Å². The number of anilines is 1. The van der Waals surface area contributed by atoms with Gasteiger partial charge >= 0.3 is 0 Å². The van der Waals surface area contributed by atoms with E-state index in [0.29, 0.717) is 36.1 Å². The van der Waals surface area contributed by atoms with E-state index in [-0.39, 0.29) is 11.0 Å². The Morgan fingerprint density at radius 3 is 2.78 bits per heavy atom. The van der Waals surface area contributed by atoms with Crippen molar-refractivity contribution >= 4 is 29.1 Å². The average Bonchev–Trinajstić information content (AvgIpc) is 2.56. The Bertz CT molecular complexity index is 764. The van der Waals surface area contributed by atoms with Crippen LogP contribution >= 0.6 is 12.2 Å². The molecule has 0 aliphatic carbocycles. The molecule has 1 aromatic heterocycles. The first-order valence-electron chi connectivity index (χ1n) is 7.07. The van der Waals surface area contributed by atoms with Crippen LogP contribution in [0.25, 0.3) is 0 Å². The van der Waals surface area contributed by atoms with Gasteiger partial charge in [-0.3, -0.25) is 10.1 Å². The van der Waals surface area contributed by atoms with Crippen LogP contribution in [0.1, 0.15) is 15.9 Å². The molecule has 23 heavy (non-hydrogen) atoms. The fourth-order valence-electron chi connectivity index (χ4n) is 2.12. The number of aromatic nitrogens is 1. The number of carbonyl (C=O) groups is 1. The monoisotopic (exact) mass is 329 g/mol. The van der Waals surface area contributed by atoms with Gasteiger partial charge in [0.1, 0.15) is 19.0 Å². The topological polar surface area (TPSA) is 72.5 Å². The lowest BCUT2D eigenvalue weighted by atomic mass is 10.2. The number of pyridine rings is 1. The van der Waals surface area contributed by atoms with Crippen molar-refractivity contribution in [3.8, 4) is 11.5 Å². The third-order valence-corrected chi connectivity index (χ3v) is 3.48. The molecule has 0 spiro atoms. The third-order valence-electron chi connectivity index (χ3n) is 3.27. The maximum Gasteiger partial charge on any atom is 0.257 e. The van der Waals surface area contributed by atoms with Crippen LogP contribution in [0.4, 0.5) is 5.82 Å². The maximum absolute atomic E-state index is 12.3. The van der Waals surface area contributed by atoms with Gasteiger partial charge in [-0.15, -0.1) is 0 Å². The highest BCUT2D eigenvalue weighted by Gasteiger charge is 2.15. The van der Waals surface area contributed by atoms with E-state index in [1.54, 1.807) is 24.4 Å². The van der Waals surface area contributed by atoms with E-state index in [9.17, 15) is 4.79 Å². The number of benzene rings is 1. The highest BCUT2D eigenvalue weighted by molar-refractivity contribution is 7.80. The van der Waals surface area contributed by atoms with Gasteiger partial charge in [0, 0.05) is 11.8 Å². The molecule has 0 saturated carbocycles. The number of amides is 1. The van der Waals surface area contributed by atoms with Crippen molar-refractivity contribution in [1.82, 2.24) is 10.3 Å². The summed E-state index contributed by atoms with van der Waals surface area (Å²) in [6.07, 6.45) is 1.65. The number of fused-ring (bicyclic) bond motifs is 1. The molecule has 2 aromatic rings. The number of hydrogen-bond acceptors (Lipinski definition) is 5. The number of carbonyl (C=O) groups excluding carboxylic acids is 1. The van der Waals surface area contributed by atoms with Crippen LogP contribution in [0.15, 0.2) is 36.5 Å². The highest BCUT2D eigenvalue weighted by atomic mass is 32.1. The van der Waals surface area contributed by atoms with E-state index >= 15 is 0 Å². The summed E-state index contributed by atoms with van der Waals surface area (Å²) in [6.45, 7) is 2.88. The lowest BCUT2D eigenvalue weighted by Crippen LogP contribution is -2.34. The number of aryl methyl sites for hydroxylation is 1. The molecule has 0 fully saturated rings. The van der Waals surface area contributed by atoms with Gasteiger partial charge in [0.05, 0.1) is 0 Å². The number of ether oxygens (including phenoxy) is 2. The van der Waals surface area contributed by atoms with Gasteiger partial charge < -0.3 is 14.8 Å². The summed E-state index contributed by atoms with van der Waals surface area (Å²) in [4.78, 5) is 16.4. The summed E-state index contributed by atoms with van der Waals surface area (Å²) >= 11 is 5.15. The SMILES string of the molecule is Cc1cccnc1NC(=S)NC(=O)c1ccc2c(c1)OCCO2. The number of nitrogens with one attached hydrogen (secondary N) is 2. The van der Waals surface area contributed by atoms with E-state index in [1.165, 1.54) is 0 Å². The molecule has 1 amide bonds. The van der Waals surface area contributed by atoms with Crippen LogP contribution in [0.2, 0.25) is 0 Å². The Morgan fingerprint density at radius 1 is 1.22 bits per heavy atom. The molecule has 0 saturated heterocycles. The van der Waals surface area contributed by atoms with Gasteiger partial charge in [-0.1, -0.05) is 6.07 Å². The summed E-state index contributed by atoms with van der Waals surface area (Å²) < 4.78 is 10.9. The molecule has 118 valence electrons. The van der Waals surface area contributed by atoms with Crippen molar-refractivity contribution < 1.29 is 14.3 Å². The van der Waals surface area contributed by atoms with Crippen molar-refractivity contribution in [2.75, 3.05) is 18.5 Å². The summed E-state index contributed by atoms with van der Waals surface area (Å²) in [5.74, 6) is 1.48. The Labute approximate surface area is 138 Å². The van der Waals surface area contributed by atoms with Crippen molar-refractivity contribution in [1.29, 1.82) is 0 Å². The Balaban J connectivity index is 1.67. The largest absolute Gasteiger partial charge is 0.486 e. The second-order valence-electron chi connectivity index (χ2n) is 4.94. The molecular formula is C16H15N3O3S. The molecule has 0 unspecified atom stereocenters. The van der Waals surface area contributed by atoms with Crippen molar-refractivity contribution in [2.45, 2.75) is 6.92 Å². The Hall–Kier alpha value is -2.67. The fraction of sp³-hybridized carbons (Fsp3) is 0.188. The Morgan fingerprint density at radius 2 is 2.00 bits per heavy atom. The molecule has 6 nitrogen and oxygen atoms in total. The lowest BCUT2D eigenvalue weighted by Gasteiger charge is -2.18. The number of thiocarbonyl (C=S) groups is 1. The highest BCUT2D eigenvalue weighted by Crippen LogP contribution is 2.30. The predicted octanol–water partition coefficient (Wildman–Crippen LogP) is 2.29. The quantitative estimate of drug-likeness (QED) is 0.824. The summed E-state index contributed by atoms with van der Waals surface area (Å²) in [7, 11) is 0. The van der Waals surface area contributed by atoms with Gasteiger partial charge in [-0.2, -0.15) is 0 Å². The minimum Gasteiger partial charge on any atom is -0.486 e. The van der Waals surface area contributed by atoms with Crippen molar-refractivity contribution in [2.24, 2.45) is 0 Å². The number of nitrogens with zero attached hydrogens (tertiary/aromatic N) is 1. The van der Waals surface area contributed by atoms with E-state index in [2.05, 4.69) is 15.6 Å². The van der Waals surface area contributed by atoms with E-state index in [4.69, 9.17) is 21.7 Å². The van der Waals surface area contributed by atoms with Crippen LogP contribution in [0.3, 0.4) is 0 Å². The molecule has 1 aliphatic rings. The Kier molecular flexibility index (Phi) is 4.38. The molecule has 0 radical (unpaired) electrons. The minimum absolute atomic E-state index is 0.187. The minimum atomic E-state index is -0.326. The van der Waals surface area contributed by atoms with Crippen molar-refractivity contribution in [3.63, 3.8) is 0 Å². The zero-order chi connectivity index (χ0) is 16.2.